The Morgan fingerprint density at radius 3 is 1.73 bits per heavy atom. The van der Waals surface area contributed by atoms with Crippen LogP contribution in [0.1, 0.15) is 96.3 Å². The van der Waals surface area contributed by atoms with Gasteiger partial charge in [-0.3, -0.25) is 9.59 Å². The number of carbonyl (C=O) groups is 2. The summed E-state index contributed by atoms with van der Waals surface area (Å²) in [5.74, 6) is -1.12. The molecule has 0 radical (unpaired) electrons. The number of carboxylic acid groups (broad SMARTS) is 1. The number of unbranched alkanes of at least 4 members (excludes halogenated alkanes) is 4. The van der Waals surface area contributed by atoms with Gasteiger partial charge in [-0.1, -0.05) is 32.1 Å². The maximum atomic E-state index is 11.6. The van der Waals surface area contributed by atoms with Gasteiger partial charge in [-0.05, 0) is 50.9 Å². The minimum absolute atomic E-state index is 0.00764. The smallest absolute Gasteiger partial charge is 0.308 e. The normalized spacial score (nSPS) is 13.6. The number of aliphatic carboxylic acids is 1. The van der Waals surface area contributed by atoms with Crippen LogP contribution in [-0.2, 0) is 14.3 Å². The molecule has 0 amide bonds. The Balaban J connectivity index is 3.96. The van der Waals surface area contributed by atoms with Crippen molar-refractivity contribution in [1.82, 2.24) is 0 Å². The van der Waals surface area contributed by atoms with Gasteiger partial charge in [0.25, 0.3) is 0 Å². The zero-order chi connectivity index (χ0) is 22.8. The van der Waals surface area contributed by atoms with Crippen molar-refractivity contribution in [1.29, 1.82) is 0 Å². The third kappa shape index (κ3) is 20.0. The van der Waals surface area contributed by atoms with Crippen LogP contribution in [0.2, 0.25) is 0 Å². The van der Waals surface area contributed by atoms with Crippen molar-refractivity contribution >= 4 is 11.9 Å². The van der Waals surface area contributed by atoms with Crippen molar-refractivity contribution in [3.8, 4) is 0 Å². The third-order valence-corrected chi connectivity index (χ3v) is 5.01. The van der Waals surface area contributed by atoms with Gasteiger partial charge in [-0.15, -0.1) is 0 Å². The van der Waals surface area contributed by atoms with Crippen LogP contribution >= 0.6 is 0 Å². The number of aliphatic hydroxyl groups is 5. The van der Waals surface area contributed by atoms with E-state index in [-0.39, 0.29) is 12.8 Å². The molecule has 0 saturated heterocycles. The second-order valence-corrected chi connectivity index (χ2v) is 7.87. The van der Waals surface area contributed by atoms with Crippen LogP contribution in [-0.4, -0.2) is 61.4 Å². The lowest BCUT2D eigenvalue weighted by atomic mass is 9.90. The molecule has 0 fully saturated rings. The Kier molecular flexibility index (Phi) is 17.7. The first-order valence-electron chi connectivity index (χ1n) is 11.0. The Bertz CT molecular complexity index is 440. The molecule has 2 atom stereocenters. The number of esters is 1. The first-order valence-corrected chi connectivity index (χ1v) is 11.0. The minimum Gasteiger partial charge on any atom is -0.481 e. The molecule has 9 nitrogen and oxygen atoms in total. The van der Waals surface area contributed by atoms with E-state index >= 15 is 0 Å². The van der Waals surface area contributed by atoms with Crippen LogP contribution in [0.3, 0.4) is 0 Å². The lowest BCUT2D eigenvalue weighted by molar-refractivity contribution is -0.169. The van der Waals surface area contributed by atoms with Gasteiger partial charge in [0.05, 0.1) is 0 Å². The van der Waals surface area contributed by atoms with Gasteiger partial charge in [0.1, 0.15) is 0 Å². The molecule has 0 aliphatic heterocycles. The predicted octanol–water partition coefficient (Wildman–Crippen LogP) is 2.02. The van der Waals surface area contributed by atoms with Gasteiger partial charge >= 0.3 is 11.9 Å². The summed E-state index contributed by atoms with van der Waals surface area (Å²) in [7, 11) is 0. The summed E-state index contributed by atoms with van der Waals surface area (Å²) in [4.78, 5) is 22.0. The molecule has 2 unspecified atom stereocenters. The summed E-state index contributed by atoms with van der Waals surface area (Å²) >= 11 is 0. The lowest BCUT2D eigenvalue weighted by Crippen LogP contribution is -2.17. The van der Waals surface area contributed by atoms with Crippen molar-refractivity contribution in [3.05, 3.63) is 0 Å². The molecule has 0 aliphatic carbocycles. The molecule has 9 heteroatoms. The van der Waals surface area contributed by atoms with Crippen molar-refractivity contribution in [3.63, 3.8) is 0 Å². The molecule has 30 heavy (non-hydrogen) atoms. The highest BCUT2D eigenvalue weighted by Crippen LogP contribution is 2.23. The number of aliphatic hydroxyl groups excluding tert-OH is 3. The quantitative estimate of drug-likeness (QED) is 0.0951. The van der Waals surface area contributed by atoms with Crippen molar-refractivity contribution in [2.75, 3.05) is 0 Å². The Morgan fingerprint density at radius 2 is 1.13 bits per heavy atom. The second kappa shape index (κ2) is 18.5. The summed E-state index contributed by atoms with van der Waals surface area (Å²) in [6.45, 7) is 0. The average Bonchev–Trinajstić information content (AvgIpc) is 2.65. The monoisotopic (exact) mass is 436 g/mol. The summed E-state index contributed by atoms with van der Waals surface area (Å²) in [6, 6.07) is 0. The fraction of sp³-hybridized carbons (Fsp3) is 0.905. The molecule has 6 N–H and O–H groups in total. The topological polar surface area (TPSA) is 165 Å². The first-order chi connectivity index (χ1) is 14.2. The SMILES string of the molecule is O=C(O)CCCCC(=O)OC(O)CCCCC(CCCCCC(O)O)CCC(O)O. The molecular formula is C21H40O9. The van der Waals surface area contributed by atoms with Gasteiger partial charge in [-0.25, -0.2) is 0 Å². The highest BCUT2D eigenvalue weighted by molar-refractivity contribution is 5.69. The number of hydrogen-bond acceptors (Lipinski definition) is 8. The molecule has 0 spiro atoms. The summed E-state index contributed by atoms with van der Waals surface area (Å²) in [5, 5.41) is 54.2. The first kappa shape index (κ1) is 28.7. The highest BCUT2D eigenvalue weighted by atomic mass is 16.6. The fourth-order valence-electron chi connectivity index (χ4n) is 3.32. The third-order valence-electron chi connectivity index (χ3n) is 5.01. The van der Waals surface area contributed by atoms with Crippen LogP contribution in [0.5, 0.6) is 0 Å². The highest BCUT2D eigenvalue weighted by Gasteiger charge is 2.14. The van der Waals surface area contributed by atoms with Crippen LogP contribution < -0.4 is 0 Å². The number of rotatable bonds is 20. The van der Waals surface area contributed by atoms with E-state index in [1.807, 2.05) is 0 Å². The van der Waals surface area contributed by atoms with E-state index in [9.17, 15) is 14.7 Å². The largest absolute Gasteiger partial charge is 0.481 e. The summed E-state index contributed by atoms with van der Waals surface area (Å²) in [6.07, 6.45) is 4.64. The maximum absolute atomic E-state index is 11.6. The zero-order valence-corrected chi connectivity index (χ0v) is 17.8. The molecule has 0 aliphatic rings. The summed E-state index contributed by atoms with van der Waals surface area (Å²) < 4.78 is 4.92. The van der Waals surface area contributed by atoms with E-state index < -0.39 is 30.8 Å². The molecule has 0 rings (SSSR count). The molecule has 0 heterocycles. The van der Waals surface area contributed by atoms with E-state index in [1.165, 1.54) is 0 Å². The number of carbonyl (C=O) groups excluding carboxylic acids is 1. The van der Waals surface area contributed by atoms with E-state index in [0.29, 0.717) is 50.9 Å². The predicted molar refractivity (Wildman–Crippen MR) is 109 cm³/mol. The number of carboxylic acids is 1. The van der Waals surface area contributed by atoms with Crippen LogP contribution in [0.4, 0.5) is 0 Å². The number of hydrogen-bond donors (Lipinski definition) is 6. The zero-order valence-electron chi connectivity index (χ0n) is 17.8. The number of ether oxygens (including phenoxy) is 1. The molecule has 0 saturated carbocycles. The van der Waals surface area contributed by atoms with Gasteiger partial charge in [0, 0.05) is 19.3 Å². The molecular weight excluding hydrogens is 396 g/mol. The minimum atomic E-state index is -1.33. The van der Waals surface area contributed by atoms with Crippen LogP contribution in [0.25, 0.3) is 0 Å². The molecule has 0 aromatic rings. The van der Waals surface area contributed by atoms with Gasteiger partial charge in [0.15, 0.2) is 12.6 Å². The Hall–Kier alpha value is -1.26. The summed E-state index contributed by atoms with van der Waals surface area (Å²) in [5.41, 5.74) is 0. The van der Waals surface area contributed by atoms with Crippen molar-refractivity contribution in [2.24, 2.45) is 5.92 Å². The molecule has 178 valence electrons. The standard InChI is InChI=1S/C21H40O9/c22-17(23)10-3-1-2-8-16(14-15-19(26)27)9-4-6-12-20(28)30-21(29)13-7-5-11-18(24)25/h16-17,19-20,22-23,26-28H,1-15H2,(H,24,25). The van der Waals surface area contributed by atoms with Crippen LogP contribution in [0, 0.1) is 5.92 Å². The van der Waals surface area contributed by atoms with Crippen molar-refractivity contribution in [2.45, 2.75) is 115 Å². The van der Waals surface area contributed by atoms with Crippen molar-refractivity contribution < 1.29 is 45.0 Å². The Labute approximate surface area is 178 Å². The van der Waals surface area contributed by atoms with Gasteiger partial charge < -0.3 is 35.4 Å². The Morgan fingerprint density at radius 1 is 0.600 bits per heavy atom. The molecule has 0 aromatic heterocycles. The van der Waals surface area contributed by atoms with Gasteiger partial charge in [0.2, 0.25) is 6.29 Å². The molecule has 0 aromatic carbocycles. The van der Waals surface area contributed by atoms with E-state index in [0.717, 1.165) is 38.5 Å². The van der Waals surface area contributed by atoms with E-state index in [4.69, 9.17) is 30.3 Å². The maximum Gasteiger partial charge on any atom is 0.308 e. The van der Waals surface area contributed by atoms with E-state index in [1.54, 1.807) is 0 Å². The second-order valence-electron chi connectivity index (χ2n) is 7.87. The molecule has 0 bridgehead atoms. The van der Waals surface area contributed by atoms with Gasteiger partial charge in [-0.2, -0.15) is 0 Å². The van der Waals surface area contributed by atoms with E-state index in [2.05, 4.69) is 0 Å². The fourth-order valence-corrected chi connectivity index (χ4v) is 3.32. The average molecular weight is 437 g/mol. The lowest BCUT2D eigenvalue weighted by Gasteiger charge is -2.18. The van der Waals surface area contributed by atoms with Crippen LogP contribution in [0.15, 0.2) is 0 Å².